The van der Waals surface area contributed by atoms with Crippen molar-refractivity contribution in [2.75, 3.05) is 0 Å². The quantitative estimate of drug-likeness (QED) is 0.786. The van der Waals surface area contributed by atoms with Crippen molar-refractivity contribution in [3.63, 3.8) is 0 Å². The first-order valence-corrected chi connectivity index (χ1v) is 6.14. The van der Waals surface area contributed by atoms with Crippen LogP contribution in [0.3, 0.4) is 0 Å². The van der Waals surface area contributed by atoms with Crippen LogP contribution in [-0.2, 0) is 5.60 Å². The largest absolute Gasteiger partial charge is 0.507 e. The van der Waals surface area contributed by atoms with Crippen molar-refractivity contribution in [3.8, 4) is 5.75 Å². The normalized spacial score (nSPS) is 18.6. The Balaban J connectivity index is 2.14. The first kappa shape index (κ1) is 10.6. The molecule has 2 nitrogen and oxygen atoms in total. The summed E-state index contributed by atoms with van der Waals surface area (Å²) in [5.41, 5.74) is 0.327. The predicted octanol–water partition coefficient (Wildman–Crippen LogP) is 3.31. The van der Waals surface area contributed by atoms with E-state index in [-0.39, 0.29) is 0 Å². The number of hydrogen-bond acceptors (Lipinski definition) is 2. The second-order valence-electron chi connectivity index (χ2n) is 4.95. The van der Waals surface area contributed by atoms with Crippen LogP contribution >= 0.6 is 0 Å². The van der Waals surface area contributed by atoms with E-state index in [0.717, 1.165) is 42.0 Å². The third-order valence-corrected chi connectivity index (χ3v) is 3.83. The highest BCUT2D eigenvalue weighted by Crippen LogP contribution is 2.40. The summed E-state index contributed by atoms with van der Waals surface area (Å²) in [5.74, 6) is 0.299. The molecule has 1 saturated carbocycles. The monoisotopic (exact) mass is 228 g/mol. The summed E-state index contributed by atoms with van der Waals surface area (Å²) in [4.78, 5) is 0. The van der Waals surface area contributed by atoms with Gasteiger partial charge in [0.1, 0.15) is 5.75 Å². The fourth-order valence-corrected chi connectivity index (χ4v) is 2.80. The number of rotatable bonds is 1. The highest BCUT2D eigenvalue weighted by atomic mass is 16.3. The third kappa shape index (κ3) is 1.69. The molecule has 0 aromatic heterocycles. The molecule has 88 valence electrons. The summed E-state index contributed by atoms with van der Waals surface area (Å²) in [6, 6.07) is 11.3. The molecule has 0 unspecified atom stereocenters. The van der Waals surface area contributed by atoms with Crippen LogP contribution in [0.4, 0.5) is 0 Å². The number of aromatic hydroxyl groups is 1. The summed E-state index contributed by atoms with van der Waals surface area (Å²) < 4.78 is 0. The number of aliphatic hydroxyl groups is 1. The minimum atomic E-state index is -0.653. The topological polar surface area (TPSA) is 40.5 Å². The zero-order valence-corrected chi connectivity index (χ0v) is 9.69. The summed E-state index contributed by atoms with van der Waals surface area (Å²) in [6.07, 6.45) is 3.87. The molecule has 1 aliphatic carbocycles. The predicted molar refractivity (Wildman–Crippen MR) is 68.0 cm³/mol. The van der Waals surface area contributed by atoms with Crippen LogP contribution in [0.1, 0.15) is 31.2 Å². The van der Waals surface area contributed by atoms with Gasteiger partial charge in [-0.2, -0.15) is 0 Å². The number of benzene rings is 2. The average Bonchev–Trinajstić information content (AvgIpc) is 2.77. The maximum atomic E-state index is 10.5. The molecule has 0 amide bonds. The first-order chi connectivity index (χ1) is 8.19. The molecule has 2 N–H and O–H groups in total. The van der Waals surface area contributed by atoms with Crippen LogP contribution in [0.25, 0.3) is 10.8 Å². The number of phenols is 1. The summed E-state index contributed by atoms with van der Waals surface area (Å²) >= 11 is 0. The minimum absolute atomic E-state index is 0.299. The Morgan fingerprint density at radius 1 is 1.00 bits per heavy atom. The van der Waals surface area contributed by atoms with Crippen LogP contribution in [0, 0.1) is 0 Å². The molecule has 1 fully saturated rings. The number of phenolic OH excluding ortho intramolecular Hbond substituents is 1. The molecule has 0 radical (unpaired) electrons. The molecule has 2 aromatic rings. The lowest BCUT2D eigenvalue weighted by Gasteiger charge is -2.23. The number of hydrogen-bond donors (Lipinski definition) is 2. The summed E-state index contributed by atoms with van der Waals surface area (Å²) in [7, 11) is 0. The highest BCUT2D eigenvalue weighted by Gasteiger charge is 2.32. The van der Waals surface area contributed by atoms with Crippen LogP contribution < -0.4 is 0 Å². The summed E-state index contributed by atoms with van der Waals surface area (Å²) in [5, 5.41) is 22.1. The van der Waals surface area contributed by atoms with Crippen molar-refractivity contribution < 1.29 is 10.2 Å². The van der Waals surface area contributed by atoms with E-state index in [9.17, 15) is 10.2 Å². The second kappa shape index (κ2) is 3.74. The van der Waals surface area contributed by atoms with Gasteiger partial charge < -0.3 is 10.2 Å². The molecule has 1 aliphatic rings. The Morgan fingerprint density at radius 2 is 1.76 bits per heavy atom. The van der Waals surface area contributed by atoms with Crippen LogP contribution in [-0.4, -0.2) is 10.2 Å². The lowest BCUT2D eigenvalue weighted by molar-refractivity contribution is 0.0446. The van der Waals surface area contributed by atoms with Gasteiger partial charge in [-0.15, -0.1) is 0 Å². The van der Waals surface area contributed by atoms with Crippen molar-refractivity contribution >= 4 is 10.8 Å². The van der Waals surface area contributed by atoms with Gasteiger partial charge in [0, 0.05) is 5.39 Å². The van der Waals surface area contributed by atoms with E-state index in [1.54, 1.807) is 6.07 Å². The molecule has 0 saturated heterocycles. The smallest absolute Gasteiger partial charge is 0.123 e. The molecule has 0 atom stereocenters. The fourth-order valence-electron chi connectivity index (χ4n) is 2.80. The van der Waals surface area contributed by atoms with Gasteiger partial charge in [-0.3, -0.25) is 0 Å². The SMILES string of the molecule is Oc1cccc2cc(C3(O)CCCC3)ccc12. The maximum absolute atomic E-state index is 10.5. The van der Waals surface area contributed by atoms with Crippen LogP contribution in [0.2, 0.25) is 0 Å². The maximum Gasteiger partial charge on any atom is 0.123 e. The molecule has 3 rings (SSSR count). The molecule has 17 heavy (non-hydrogen) atoms. The molecular formula is C15H16O2. The van der Waals surface area contributed by atoms with Crippen molar-refractivity contribution in [1.82, 2.24) is 0 Å². The Bertz CT molecular complexity index is 554. The summed E-state index contributed by atoms with van der Waals surface area (Å²) in [6.45, 7) is 0. The van der Waals surface area contributed by atoms with E-state index < -0.39 is 5.60 Å². The van der Waals surface area contributed by atoms with Crippen molar-refractivity contribution in [2.24, 2.45) is 0 Å². The third-order valence-electron chi connectivity index (χ3n) is 3.83. The highest BCUT2D eigenvalue weighted by molar-refractivity contribution is 5.88. The van der Waals surface area contributed by atoms with Gasteiger partial charge in [0.05, 0.1) is 5.60 Å². The van der Waals surface area contributed by atoms with Gasteiger partial charge >= 0.3 is 0 Å². The molecular weight excluding hydrogens is 212 g/mol. The second-order valence-corrected chi connectivity index (χ2v) is 4.95. The molecule has 0 heterocycles. The van der Waals surface area contributed by atoms with Gasteiger partial charge in [0.25, 0.3) is 0 Å². The number of fused-ring (bicyclic) bond motifs is 1. The van der Waals surface area contributed by atoms with Gasteiger partial charge in [-0.05, 0) is 35.9 Å². The standard InChI is InChI=1S/C15H16O2/c16-14-5-3-4-11-10-12(6-7-13(11)14)15(17)8-1-2-9-15/h3-7,10,16-17H,1-2,8-9H2. The Hall–Kier alpha value is -1.54. The lowest BCUT2D eigenvalue weighted by Crippen LogP contribution is -2.20. The van der Waals surface area contributed by atoms with Crippen molar-refractivity contribution in [1.29, 1.82) is 0 Å². The van der Waals surface area contributed by atoms with Gasteiger partial charge in [-0.25, -0.2) is 0 Å². The van der Waals surface area contributed by atoms with Crippen LogP contribution in [0.15, 0.2) is 36.4 Å². The Kier molecular flexibility index (Phi) is 2.33. The van der Waals surface area contributed by atoms with Crippen molar-refractivity contribution in [3.05, 3.63) is 42.0 Å². The molecule has 2 aromatic carbocycles. The lowest BCUT2D eigenvalue weighted by atomic mass is 9.90. The minimum Gasteiger partial charge on any atom is -0.507 e. The Morgan fingerprint density at radius 3 is 2.53 bits per heavy atom. The van der Waals surface area contributed by atoms with Gasteiger partial charge in [0.15, 0.2) is 0 Å². The average molecular weight is 228 g/mol. The fraction of sp³-hybridized carbons (Fsp3) is 0.333. The van der Waals surface area contributed by atoms with E-state index in [1.165, 1.54) is 0 Å². The Labute approximate surface area is 101 Å². The zero-order chi connectivity index (χ0) is 11.9. The molecule has 2 heteroatoms. The van der Waals surface area contributed by atoms with E-state index in [1.807, 2.05) is 30.3 Å². The zero-order valence-electron chi connectivity index (χ0n) is 9.69. The molecule has 0 spiro atoms. The van der Waals surface area contributed by atoms with Crippen molar-refractivity contribution in [2.45, 2.75) is 31.3 Å². The van der Waals surface area contributed by atoms with E-state index in [2.05, 4.69) is 0 Å². The van der Waals surface area contributed by atoms with E-state index >= 15 is 0 Å². The first-order valence-electron chi connectivity index (χ1n) is 6.14. The molecule has 0 bridgehead atoms. The van der Waals surface area contributed by atoms with Crippen LogP contribution in [0.5, 0.6) is 5.75 Å². The molecule has 0 aliphatic heterocycles. The van der Waals surface area contributed by atoms with E-state index in [4.69, 9.17) is 0 Å². The van der Waals surface area contributed by atoms with Gasteiger partial charge in [-0.1, -0.05) is 37.1 Å². The van der Waals surface area contributed by atoms with Gasteiger partial charge in [0.2, 0.25) is 0 Å². The van der Waals surface area contributed by atoms with E-state index in [0.29, 0.717) is 5.75 Å².